The van der Waals surface area contributed by atoms with Gasteiger partial charge in [0.05, 0.1) is 6.61 Å². The topological polar surface area (TPSA) is 29.5 Å². The molecule has 3 heteroatoms. The number of aliphatic hydroxyl groups is 1. The van der Waals surface area contributed by atoms with Crippen LogP contribution in [0.5, 0.6) is 0 Å². The maximum absolute atomic E-state index is 8.77. The Kier molecular flexibility index (Phi) is 5.15. The molecule has 0 atom stereocenters. The van der Waals surface area contributed by atoms with Crippen molar-refractivity contribution in [2.45, 2.75) is 19.4 Å². The van der Waals surface area contributed by atoms with E-state index in [-0.39, 0.29) is 6.61 Å². The van der Waals surface area contributed by atoms with Gasteiger partial charge in [-0.15, -0.1) is 0 Å². The van der Waals surface area contributed by atoms with Crippen molar-refractivity contribution in [1.29, 1.82) is 0 Å². The van der Waals surface area contributed by atoms with E-state index in [0.717, 1.165) is 17.3 Å². The van der Waals surface area contributed by atoms with Crippen molar-refractivity contribution in [3.8, 4) is 0 Å². The van der Waals surface area contributed by atoms with Crippen LogP contribution in [0.1, 0.15) is 17.5 Å². The van der Waals surface area contributed by atoms with Gasteiger partial charge in [-0.25, -0.2) is 0 Å². The third-order valence-corrected chi connectivity index (χ3v) is 2.57. The Balaban J connectivity index is 2.79. The SMILES string of the molecule is COCc1ccc(Br)cc1CCCO. The number of benzene rings is 1. The second kappa shape index (κ2) is 6.17. The summed E-state index contributed by atoms with van der Waals surface area (Å²) in [7, 11) is 1.69. The molecule has 0 radical (unpaired) electrons. The Bertz CT molecular complexity index is 287. The van der Waals surface area contributed by atoms with E-state index in [4.69, 9.17) is 9.84 Å². The molecule has 0 saturated carbocycles. The minimum absolute atomic E-state index is 0.235. The molecule has 0 aliphatic carbocycles. The van der Waals surface area contributed by atoms with Crippen molar-refractivity contribution < 1.29 is 9.84 Å². The van der Waals surface area contributed by atoms with E-state index in [1.807, 2.05) is 6.07 Å². The van der Waals surface area contributed by atoms with Crippen LogP contribution in [0.3, 0.4) is 0 Å². The highest BCUT2D eigenvalue weighted by atomic mass is 79.9. The van der Waals surface area contributed by atoms with E-state index >= 15 is 0 Å². The second-order valence-corrected chi connectivity index (χ2v) is 4.09. The maximum Gasteiger partial charge on any atom is 0.0715 e. The summed E-state index contributed by atoms with van der Waals surface area (Å²) in [6.07, 6.45) is 1.70. The lowest BCUT2D eigenvalue weighted by atomic mass is 10.0. The second-order valence-electron chi connectivity index (χ2n) is 3.17. The quantitative estimate of drug-likeness (QED) is 0.880. The van der Waals surface area contributed by atoms with Crippen LogP contribution in [0.15, 0.2) is 22.7 Å². The van der Waals surface area contributed by atoms with Crippen molar-refractivity contribution in [2.75, 3.05) is 13.7 Å². The Hall–Kier alpha value is -0.380. The van der Waals surface area contributed by atoms with Gasteiger partial charge in [-0.05, 0) is 36.1 Å². The van der Waals surface area contributed by atoms with Gasteiger partial charge in [0.25, 0.3) is 0 Å². The lowest BCUT2D eigenvalue weighted by Crippen LogP contribution is -1.97. The molecule has 0 aliphatic rings. The first-order chi connectivity index (χ1) is 6.77. The number of ether oxygens (including phenoxy) is 1. The lowest BCUT2D eigenvalue weighted by Gasteiger charge is -2.08. The van der Waals surface area contributed by atoms with Gasteiger partial charge in [-0.3, -0.25) is 0 Å². The Morgan fingerprint density at radius 2 is 2.14 bits per heavy atom. The van der Waals surface area contributed by atoms with Crippen molar-refractivity contribution in [3.63, 3.8) is 0 Å². The van der Waals surface area contributed by atoms with E-state index in [9.17, 15) is 0 Å². The van der Waals surface area contributed by atoms with E-state index in [1.165, 1.54) is 11.1 Å². The molecule has 1 rings (SSSR count). The Labute approximate surface area is 93.0 Å². The summed E-state index contributed by atoms with van der Waals surface area (Å²) in [5.41, 5.74) is 2.44. The molecule has 0 bridgehead atoms. The van der Waals surface area contributed by atoms with Crippen LogP contribution in [0.4, 0.5) is 0 Å². The summed E-state index contributed by atoms with van der Waals surface area (Å²) in [5.74, 6) is 0. The fourth-order valence-electron chi connectivity index (χ4n) is 1.39. The predicted molar refractivity (Wildman–Crippen MR) is 60.3 cm³/mol. The smallest absolute Gasteiger partial charge is 0.0715 e. The van der Waals surface area contributed by atoms with Crippen molar-refractivity contribution in [3.05, 3.63) is 33.8 Å². The number of aryl methyl sites for hydroxylation is 1. The molecule has 0 spiro atoms. The first-order valence-corrected chi connectivity index (χ1v) is 5.44. The van der Waals surface area contributed by atoms with Crippen LogP contribution in [0.25, 0.3) is 0 Å². The number of methoxy groups -OCH3 is 1. The first-order valence-electron chi connectivity index (χ1n) is 4.65. The van der Waals surface area contributed by atoms with Crippen molar-refractivity contribution in [2.24, 2.45) is 0 Å². The fourth-order valence-corrected chi connectivity index (χ4v) is 1.80. The molecule has 0 aromatic heterocycles. The van der Waals surface area contributed by atoms with Crippen molar-refractivity contribution in [1.82, 2.24) is 0 Å². The molecule has 1 aromatic rings. The first kappa shape index (κ1) is 11.7. The zero-order valence-corrected chi connectivity index (χ0v) is 9.88. The molecule has 1 aromatic carbocycles. The minimum Gasteiger partial charge on any atom is -0.396 e. The predicted octanol–water partition coefficient (Wildman–Crippen LogP) is 2.52. The maximum atomic E-state index is 8.77. The van der Waals surface area contributed by atoms with Gasteiger partial charge in [-0.1, -0.05) is 22.0 Å². The molecule has 0 aliphatic heterocycles. The third-order valence-electron chi connectivity index (χ3n) is 2.07. The largest absolute Gasteiger partial charge is 0.396 e. The standard InChI is InChI=1S/C11H15BrO2/c1-14-8-10-4-5-11(12)7-9(10)3-2-6-13/h4-5,7,13H,2-3,6,8H2,1H3. The zero-order chi connectivity index (χ0) is 10.4. The molecule has 78 valence electrons. The molecule has 0 amide bonds. The number of hydrogen-bond acceptors (Lipinski definition) is 2. The normalized spacial score (nSPS) is 10.5. The molecule has 0 unspecified atom stereocenters. The summed E-state index contributed by atoms with van der Waals surface area (Å²) in [4.78, 5) is 0. The molecular formula is C11H15BrO2. The third kappa shape index (κ3) is 3.40. The molecule has 0 fully saturated rings. The summed E-state index contributed by atoms with van der Waals surface area (Å²) in [6, 6.07) is 6.15. The van der Waals surface area contributed by atoms with E-state index in [2.05, 4.69) is 28.1 Å². The van der Waals surface area contributed by atoms with Gasteiger partial charge in [-0.2, -0.15) is 0 Å². The highest BCUT2D eigenvalue weighted by Gasteiger charge is 2.02. The van der Waals surface area contributed by atoms with Crippen LogP contribution in [0.2, 0.25) is 0 Å². The van der Waals surface area contributed by atoms with Crippen LogP contribution in [-0.4, -0.2) is 18.8 Å². The monoisotopic (exact) mass is 258 g/mol. The fraction of sp³-hybridized carbons (Fsp3) is 0.455. The van der Waals surface area contributed by atoms with Gasteiger partial charge < -0.3 is 9.84 Å². The summed E-state index contributed by atoms with van der Waals surface area (Å²) in [5, 5.41) is 8.77. The summed E-state index contributed by atoms with van der Waals surface area (Å²) < 4.78 is 6.18. The van der Waals surface area contributed by atoms with Gasteiger partial charge >= 0.3 is 0 Å². The highest BCUT2D eigenvalue weighted by Crippen LogP contribution is 2.18. The minimum atomic E-state index is 0.235. The number of aliphatic hydroxyl groups excluding tert-OH is 1. The molecule has 1 N–H and O–H groups in total. The van der Waals surface area contributed by atoms with Crippen molar-refractivity contribution >= 4 is 15.9 Å². The molecule has 0 heterocycles. The van der Waals surface area contributed by atoms with Gasteiger partial charge in [0.1, 0.15) is 0 Å². The molecule has 0 saturated heterocycles. The Morgan fingerprint density at radius 1 is 1.36 bits per heavy atom. The Morgan fingerprint density at radius 3 is 2.79 bits per heavy atom. The lowest BCUT2D eigenvalue weighted by molar-refractivity contribution is 0.184. The summed E-state index contributed by atoms with van der Waals surface area (Å²) in [6.45, 7) is 0.868. The zero-order valence-electron chi connectivity index (χ0n) is 8.29. The van der Waals surface area contributed by atoms with Crippen LogP contribution < -0.4 is 0 Å². The number of halogens is 1. The van der Waals surface area contributed by atoms with E-state index < -0.39 is 0 Å². The van der Waals surface area contributed by atoms with Gasteiger partial charge in [0, 0.05) is 18.2 Å². The average molecular weight is 259 g/mol. The number of rotatable bonds is 5. The van der Waals surface area contributed by atoms with Crippen LogP contribution in [-0.2, 0) is 17.8 Å². The van der Waals surface area contributed by atoms with Gasteiger partial charge in [0.15, 0.2) is 0 Å². The highest BCUT2D eigenvalue weighted by molar-refractivity contribution is 9.10. The molecular weight excluding hydrogens is 244 g/mol. The van der Waals surface area contributed by atoms with E-state index in [0.29, 0.717) is 6.61 Å². The van der Waals surface area contributed by atoms with E-state index in [1.54, 1.807) is 7.11 Å². The van der Waals surface area contributed by atoms with Crippen LogP contribution in [0, 0.1) is 0 Å². The summed E-state index contributed by atoms with van der Waals surface area (Å²) >= 11 is 3.44. The molecule has 14 heavy (non-hydrogen) atoms. The number of hydrogen-bond donors (Lipinski definition) is 1. The average Bonchev–Trinajstić information content (AvgIpc) is 2.18. The van der Waals surface area contributed by atoms with Crippen LogP contribution >= 0.6 is 15.9 Å². The molecule has 2 nitrogen and oxygen atoms in total. The van der Waals surface area contributed by atoms with Gasteiger partial charge in [0.2, 0.25) is 0 Å².